The number of hydrogen-bond donors (Lipinski definition) is 1. The van der Waals surface area contributed by atoms with Crippen LogP contribution in [-0.2, 0) is 10.2 Å². The minimum atomic E-state index is -0.365. The molecular weight excluding hydrogens is 262 g/mol. The lowest BCUT2D eigenvalue weighted by Gasteiger charge is -2.43. The van der Waals surface area contributed by atoms with Gasteiger partial charge in [0.2, 0.25) is 5.91 Å². The fourth-order valence-electron chi connectivity index (χ4n) is 3.38. The third-order valence-electron chi connectivity index (χ3n) is 4.73. The zero-order valence-electron chi connectivity index (χ0n) is 12.2. The van der Waals surface area contributed by atoms with Gasteiger partial charge in [0, 0.05) is 19.1 Å². The summed E-state index contributed by atoms with van der Waals surface area (Å²) < 4.78 is 0. The summed E-state index contributed by atoms with van der Waals surface area (Å²) in [5.74, 6) is 0.196. The van der Waals surface area contributed by atoms with E-state index in [0.717, 1.165) is 44.3 Å². The van der Waals surface area contributed by atoms with Gasteiger partial charge < -0.3 is 10.2 Å². The molecule has 0 radical (unpaired) electrons. The van der Waals surface area contributed by atoms with Gasteiger partial charge in [-0.2, -0.15) is 5.26 Å². The van der Waals surface area contributed by atoms with E-state index >= 15 is 0 Å². The Morgan fingerprint density at radius 2 is 1.95 bits per heavy atom. The number of carbonyl (C=O) groups is 1. The quantitative estimate of drug-likeness (QED) is 0.917. The molecule has 1 aliphatic heterocycles. The van der Waals surface area contributed by atoms with E-state index in [1.54, 1.807) is 0 Å². The highest BCUT2D eigenvalue weighted by atomic mass is 16.2. The summed E-state index contributed by atoms with van der Waals surface area (Å²) in [7, 11) is 0. The fraction of sp³-hybridized carbons (Fsp3) is 0.529. The predicted molar refractivity (Wildman–Crippen MR) is 80.6 cm³/mol. The molecule has 1 heterocycles. The topological polar surface area (TPSA) is 56.1 Å². The minimum Gasteiger partial charge on any atom is -0.342 e. The number of amides is 1. The molecule has 1 aliphatic carbocycles. The van der Waals surface area contributed by atoms with Crippen molar-refractivity contribution in [3.8, 4) is 6.07 Å². The Balaban J connectivity index is 1.51. The zero-order chi connectivity index (χ0) is 14.7. The van der Waals surface area contributed by atoms with Gasteiger partial charge in [0.1, 0.15) is 0 Å². The molecule has 110 valence electrons. The largest absolute Gasteiger partial charge is 0.342 e. The number of benzene rings is 1. The number of nitrogens with one attached hydrogen (secondary N) is 1. The predicted octanol–water partition coefficient (Wildman–Crippen LogP) is 1.82. The summed E-state index contributed by atoms with van der Waals surface area (Å²) in [5.41, 5.74) is 0.728. The molecule has 21 heavy (non-hydrogen) atoms. The molecule has 0 atom stereocenters. The number of carbonyl (C=O) groups excluding carboxylic acids is 1. The normalized spacial score (nSPS) is 28.0. The number of rotatable bonds is 4. The van der Waals surface area contributed by atoms with E-state index in [4.69, 9.17) is 0 Å². The van der Waals surface area contributed by atoms with Crippen LogP contribution in [0.4, 0.5) is 0 Å². The van der Waals surface area contributed by atoms with Crippen LogP contribution >= 0.6 is 0 Å². The van der Waals surface area contributed by atoms with Crippen LogP contribution in [-0.4, -0.2) is 36.5 Å². The van der Waals surface area contributed by atoms with Crippen LogP contribution < -0.4 is 5.32 Å². The van der Waals surface area contributed by atoms with Gasteiger partial charge in [-0.15, -0.1) is 0 Å². The Morgan fingerprint density at radius 1 is 1.29 bits per heavy atom. The molecule has 0 aromatic heterocycles. The molecule has 2 aliphatic rings. The third-order valence-corrected chi connectivity index (χ3v) is 4.73. The second-order valence-electron chi connectivity index (χ2n) is 6.13. The minimum absolute atomic E-state index is 0.196. The Morgan fingerprint density at radius 3 is 2.57 bits per heavy atom. The highest BCUT2D eigenvalue weighted by Gasteiger charge is 2.45. The van der Waals surface area contributed by atoms with E-state index in [-0.39, 0.29) is 17.4 Å². The Hall–Kier alpha value is -1.86. The first kappa shape index (κ1) is 14.1. The van der Waals surface area contributed by atoms with Gasteiger partial charge in [-0.3, -0.25) is 4.79 Å². The molecule has 3 rings (SSSR count). The molecule has 0 unspecified atom stereocenters. The summed E-state index contributed by atoms with van der Waals surface area (Å²) in [5, 5.41) is 12.8. The lowest BCUT2D eigenvalue weighted by molar-refractivity contribution is -0.129. The van der Waals surface area contributed by atoms with Gasteiger partial charge in [-0.1, -0.05) is 30.3 Å². The molecule has 2 fully saturated rings. The van der Waals surface area contributed by atoms with Crippen molar-refractivity contribution in [3.05, 3.63) is 35.9 Å². The maximum Gasteiger partial charge on any atom is 0.236 e. The van der Waals surface area contributed by atoms with Gasteiger partial charge in [0.15, 0.2) is 0 Å². The molecular formula is C17H21N3O. The molecule has 1 saturated heterocycles. The van der Waals surface area contributed by atoms with Gasteiger partial charge in [0.25, 0.3) is 0 Å². The average Bonchev–Trinajstić information content (AvgIpc) is 3.01. The smallest absolute Gasteiger partial charge is 0.236 e. The molecule has 1 saturated carbocycles. The highest BCUT2D eigenvalue weighted by molar-refractivity contribution is 5.78. The van der Waals surface area contributed by atoms with Crippen LogP contribution in [0.1, 0.15) is 31.2 Å². The van der Waals surface area contributed by atoms with E-state index in [1.165, 1.54) is 0 Å². The summed E-state index contributed by atoms with van der Waals surface area (Å²) in [6.07, 6.45) is 3.84. The van der Waals surface area contributed by atoms with Crippen LogP contribution in [0.2, 0.25) is 0 Å². The van der Waals surface area contributed by atoms with E-state index in [1.807, 2.05) is 35.2 Å². The molecule has 0 bridgehead atoms. The van der Waals surface area contributed by atoms with Crippen molar-refractivity contribution >= 4 is 5.91 Å². The van der Waals surface area contributed by atoms with E-state index in [0.29, 0.717) is 6.54 Å². The van der Waals surface area contributed by atoms with E-state index < -0.39 is 0 Å². The number of nitriles is 1. The molecule has 1 aromatic rings. The van der Waals surface area contributed by atoms with E-state index in [2.05, 4.69) is 11.4 Å². The Bertz CT molecular complexity index is 537. The van der Waals surface area contributed by atoms with Gasteiger partial charge in [-0.25, -0.2) is 0 Å². The molecule has 4 nitrogen and oxygen atoms in total. The van der Waals surface area contributed by atoms with E-state index in [9.17, 15) is 10.1 Å². The highest BCUT2D eigenvalue weighted by Crippen LogP contribution is 2.43. The fourth-order valence-corrected chi connectivity index (χ4v) is 3.38. The first-order valence-corrected chi connectivity index (χ1v) is 7.71. The first-order chi connectivity index (χ1) is 10.2. The number of likely N-dealkylation sites (tertiary alicyclic amines) is 1. The molecule has 1 N–H and O–H groups in total. The number of hydrogen-bond acceptors (Lipinski definition) is 3. The standard InChI is InChI=1S/C17H21N3O/c18-13-17(14-6-2-1-3-7-14)10-15(11-17)19-12-16(21)20-8-4-5-9-20/h1-3,6-7,15,19H,4-5,8-12H2. The molecule has 1 aromatic carbocycles. The second kappa shape index (κ2) is 5.87. The van der Waals surface area contributed by atoms with Crippen LogP contribution in [0.5, 0.6) is 0 Å². The van der Waals surface area contributed by atoms with Crippen molar-refractivity contribution in [2.45, 2.75) is 37.1 Å². The van der Waals surface area contributed by atoms with Crippen LogP contribution in [0.25, 0.3) is 0 Å². The second-order valence-corrected chi connectivity index (χ2v) is 6.13. The van der Waals surface area contributed by atoms with Crippen molar-refractivity contribution in [1.82, 2.24) is 10.2 Å². The summed E-state index contributed by atoms with van der Waals surface area (Å²) >= 11 is 0. The lowest BCUT2D eigenvalue weighted by Crippen LogP contribution is -2.53. The molecule has 1 amide bonds. The first-order valence-electron chi connectivity index (χ1n) is 7.71. The SMILES string of the molecule is N#CC1(c2ccccc2)CC(NCC(=O)N2CCCC2)C1. The number of nitrogens with zero attached hydrogens (tertiary/aromatic N) is 2. The maximum atomic E-state index is 12.0. The van der Waals surface area contributed by atoms with Gasteiger partial charge in [-0.05, 0) is 31.2 Å². The van der Waals surface area contributed by atoms with Crippen LogP contribution in [0.15, 0.2) is 30.3 Å². The lowest BCUT2D eigenvalue weighted by atomic mass is 9.62. The summed E-state index contributed by atoms with van der Waals surface area (Å²) in [6.45, 7) is 2.20. The Kier molecular flexibility index (Phi) is 3.94. The monoisotopic (exact) mass is 283 g/mol. The maximum absolute atomic E-state index is 12.0. The van der Waals surface area contributed by atoms with Crippen molar-refractivity contribution in [2.75, 3.05) is 19.6 Å². The summed E-state index contributed by atoms with van der Waals surface area (Å²) in [4.78, 5) is 13.9. The van der Waals surface area contributed by atoms with Crippen molar-refractivity contribution < 1.29 is 4.79 Å². The van der Waals surface area contributed by atoms with Gasteiger partial charge >= 0.3 is 0 Å². The zero-order valence-corrected chi connectivity index (χ0v) is 12.2. The summed E-state index contributed by atoms with van der Waals surface area (Å²) in [6, 6.07) is 12.7. The van der Waals surface area contributed by atoms with Crippen LogP contribution in [0, 0.1) is 11.3 Å². The van der Waals surface area contributed by atoms with Crippen molar-refractivity contribution in [2.24, 2.45) is 0 Å². The van der Waals surface area contributed by atoms with Crippen molar-refractivity contribution in [1.29, 1.82) is 5.26 Å². The Labute approximate surface area is 125 Å². The molecule has 0 spiro atoms. The van der Waals surface area contributed by atoms with Gasteiger partial charge in [0.05, 0.1) is 18.0 Å². The molecule has 4 heteroatoms. The third kappa shape index (κ3) is 2.79. The van der Waals surface area contributed by atoms with Crippen molar-refractivity contribution in [3.63, 3.8) is 0 Å². The average molecular weight is 283 g/mol. The van der Waals surface area contributed by atoms with Crippen LogP contribution in [0.3, 0.4) is 0 Å².